The number of halogens is 1. The van der Waals surface area contributed by atoms with E-state index in [1.165, 1.54) is 0 Å². The van der Waals surface area contributed by atoms with Gasteiger partial charge >= 0.3 is 5.97 Å². The van der Waals surface area contributed by atoms with Crippen LogP contribution in [0.1, 0.15) is 6.92 Å². The van der Waals surface area contributed by atoms with E-state index in [-0.39, 0.29) is 6.29 Å². The number of carbonyl (C=O) groups excluding carboxylic acids is 2. The molecule has 0 spiro atoms. The molecule has 3 nitrogen and oxygen atoms in total. The van der Waals surface area contributed by atoms with Gasteiger partial charge in [0.05, 0.1) is 0 Å². The van der Waals surface area contributed by atoms with E-state index in [0.29, 0.717) is 6.26 Å². The highest BCUT2D eigenvalue weighted by Crippen LogP contribution is 1.90. The van der Waals surface area contributed by atoms with Crippen molar-refractivity contribution in [1.82, 2.24) is 0 Å². The van der Waals surface area contributed by atoms with Gasteiger partial charge in [-0.2, -0.15) is 4.39 Å². The summed E-state index contributed by atoms with van der Waals surface area (Å²) in [5.41, 5.74) is 0. The minimum Gasteiger partial charge on any atom is -0.431 e. The van der Waals surface area contributed by atoms with Crippen LogP contribution in [-0.2, 0) is 14.3 Å². The van der Waals surface area contributed by atoms with Crippen molar-refractivity contribution in [1.29, 1.82) is 0 Å². The number of hydrogen-bond acceptors (Lipinski definition) is 3. The van der Waals surface area contributed by atoms with E-state index < -0.39 is 11.8 Å². The lowest BCUT2D eigenvalue weighted by Gasteiger charge is -1.87. The number of esters is 1. The summed E-state index contributed by atoms with van der Waals surface area (Å²) in [5, 5.41) is 0. The SMILES string of the molecule is CC(=O)O/C=C(\F)C=O. The first kappa shape index (κ1) is 7.81. The van der Waals surface area contributed by atoms with Crippen LogP contribution < -0.4 is 0 Å². The minimum atomic E-state index is -1.11. The summed E-state index contributed by atoms with van der Waals surface area (Å²) in [4.78, 5) is 19.4. The maximum atomic E-state index is 11.7. The van der Waals surface area contributed by atoms with Gasteiger partial charge in [-0.3, -0.25) is 9.59 Å². The Balaban J connectivity index is 3.69. The summed E-state index contributed by atoms with van der Waals surface area (Å²) >= 11 is 0. The molecule has 0 N–H and O–H groups in total. The van der Waals surface area contributed by atoms with E-state index in [4.69, 9.17) is 0 Å². The van der Waals surface area contributed by atoms with Crippen molar-refractivity contribution in [3.05, 3.63) is 12.1 Å². The average Bonchev–Trinajstić information content (AvgIpc) is 1.83. The number of rotatable bonds is 2. The number of allylic oxidation sites excluding steroid dienone is 1. The van der Waals surface area contributed by atoms with Gasteiger partial charge in [-0.05, 0) is 0 Å². The zero-order valence-corrected chi connectivity index (χ0v) is 4.76. The van der Waals surface area contributed by atoms with Gasteiger partial charge in [-0.25, -0.2) is 0 Å². The van der Waals surface area contributed by atoms with Crippen molar-refractivity contribution in [3.63, 3.8) is 0 Å². The Labute approximate surface area is 51.1 Å². The smallest absolute Gasteiger partial charge is 0.307 e. The molecule has 0 radical (unpaired) electrons. The zero-order valence-electron chi connectivity index (χ0n) is 4.76. The van der Waals surface area contributed by atoms with Crippen molar-refractivity contribution in [2.24, 2.45) is 0 Å². The van der Waals surface area contributed by atoms with Crippen molar-refractivity contribution < 1.29 is 18.7 Å². The average molecular weight is 132 g/mol. The summed E-state index contributed by atoms with van der Waals surface area (Å²) in [6.07, 6.45) is 0.401. The highest BCUT2D eigenvalue weighted by atomic mass is 19.1. The van der Waals surface area contributed by atoms with E-state index in [1.54, 1.807) is 0 Å². The Morgan fingerprint density at radius 1 is 1.67 bits per heavy atom. The molecule has 0 aromatic heterocycles. The molecular formula is C5H5FO3. The number of carbonyl (C=O) groups is 2. The predicted molar refractivity (Wildman–Crippen MR) is 27.0 cm³/mol. The predicted octanol–water partition coefficient (Wildman–Crippen LogP) is 0.559. The van der Waals surface area contributed by atoms with Crippen LogP contribution in [-0.4, -0.2) is 12.3 Å². The Morgan fingerprint density at radius 3 is 2.56 bits per heavy atom. The quantitative estimate of drug-likeness (QED) is 0.238. The van der Waals surface area contributed by atoms with E-state index in [0.717, 1.165) is 6.92 Å². The summed E-state index contributed by atoms with van der Waals surface area (Å²) in [6.45, 7) is 1.11. The minimum absolute atomic E-state index is 0.0526. The van der Waals surface area contributed by atoms with Gasteiger partial charge in [0.15, 0.2) is 12.1 Å². The lowest BCUT2D eigenvalue weighted by molar-refractivity contribution is -0.135. The summed E-state index contributed by atoms with van der Waals surface area (Å²) in [7, 11) is 0. The molecule has 0 atom stereocenters. The molecule has 9 heavy (non-hydrogen) atoms. The van der Waals surface area contributed by atoms with E-state index in [2.05, 4.69) is 4.74 Å². The first-order valence-corrected chi connectivity index (χ1v) is 2.15. The fraction of sp³-hybridized carbons (Fsp3) is 0.200. The van der Waals surface area contributed by atoms with Crippen LogP contribution in [0, 0.1) is 0 Å². The Hall–Kier alpha value is -1.19. The molecule has 0 saturated heterocycles. The van der Waals surface area contributed by atoms with Gasteiger partial charge in [0.2, 0.25) is 0 Å². The van der Waals surface area contributed by atoms with Crippen LogP contribution in [0.3, 0.4) is 0 Å². The van der Waals surface area contributed by atoms with Gasteiger partial charge in [0, 0.05) is 6.92 Å². The fourth-order valence-electron chi connectivity index (χ4n) is 0.167. The monoisotopic (exact) mass is 132 g/mol. The number of ether oxygens (including phenoxy) is 1. The highest BCUT2D eigenvalue weighted by Gasteiger charge is 1.91. The molecule has 0 fully saturated rings. The lowest BCUT2D eigenvalue weighted by Crippen LogP contribution is -1.91. The van der Waals surface area contributed by atoms with Gasteiger partial charge in [0.25, 0.3) is 0 Å². The Kier molecular flexibility index (Phi) is 3.27. The molecule has 0 saturated carbocycles. The van der Waals surface area contributed by atoms with Crippen molar-refractivity contribution in [3.8, 4) is 0 Å². The third kappa shape index (κ3) is 4.67. The molecule has 0 amide bonds. The summed E-state index contributed by atoms with van der Waals surface area (Å²) in [6, 6.07) is 0. The molecule has 0 aliphatic heterocycles. The summed E-state index contributed by atoms with van der Waals surface area (Å²) < 4.78 is 15.7. The third-order valence-electron chi connectivity index (χ3n) is 0.450. The van der Waals surface area contributed by atoms with Crippen LogP contribution in [0.2, 0.25) is 0 Å². The molecule has 50 valence electrons. The topological polar surface area (TPSA) is 43.4 Å². The van der Waals surface area contributed by atoms with Crippen molar-refractivity contribution in [2.45, 2.75) is 6.92 Å². The van der Waals surface area contributed by atoms with Crippen molar-refractivity contribution in [2.75, 3.05) is 0 Å². The van der Waals surface area contributed by atoms with Crippen LogP contribution in [0.4, 0.5) is 4.39 Å². The number of aldehydes is 1. The largest absolute Gasteiger partial charge is 0.431 e. The Morgan fingerprint density at radius 2 is 2.22 bits per heavy atom. The van der Waals surface area contributed by atoms with Gasteiger partial charge in [-0.1, -0.05) is 0 Å². The molecule has 0 aromatic rings. The van der Waals surface area contributed by atoms with Gasteiger partial charge in [-0.15, -0.1) is 0 Å². The van der Waals surface area contributed by atoms with Crippen LogP contribution in [0.25, 0.3) is 0 Å². The van der Waals surface area contributed by atoms with Crippen molar-refractivity contribution >= 4 is 12.3 Å². The molecule has 0 unspecified atom stereocenters. The second-order valence-corrected chi connectivity index (χ2v) is 1.23. The van der Waals surface area contributed by atoms with E-state index >= 15 is 0 Å². The third-order valence-corrected chi connectivity index (χ3v) is 0.450. The fourth-order valence-corrected chi connectivity index (χ4v) is 0.167. The normalized spacial score (nSPS) is 10.7. The van der Waals surface area contributed by atoms with Crippen LogP contribution >= 0.6 is 0 Å². The zero-order chi connectivity index (χ0) is 7.28. The molecule has 0 heterocycles. The maximum Gasteiger partial charge on any atom is 0.307 e. The van der Waals surface area contributed by atoms with Gasteiger partial charge in [0.1, 0.15) is 6.26 Å². The summed E-state index contributed by atoms with van der Waals surface area (Å²) in [5.74, 6) is -1.77. The Bertz CT molecular complexity index is 150. The van der Waals surface area contributed by atoms with E-state index in [9.17, 15) is 14.0 Å². The first-order valence-electron chi connectivity index (χ1n) is 2.15. The second-order valence-electron chi connectivity index (χ2n) is 1.23. The molecular weight excluding hydrogens is 127 g/mol. The number of hydrogen-bond donors (Lipinski definition) is 0. The second kappa shape index (κ2) is 3.77. The molecule has 4 heteroatoms. The molecule has 0 aromatic carbocycles. The van der Waals surface area contributed by atoms with Crippen LogP contribution in [0.15, 0.2) is 12.1 Å². The molecule has 0 bridgehead atoms. The molecule has 0 aliphatic carbocycles. The standard InChI is InChI=1S/C5H5FO3/c1-4(8)9-3-5(6)2-7/h2-3H,1H3/b5-3-. The first-order chi connectivity index (χ1) is 4.16. The van der Waals surface area contributed by atoms with Gasteiger partial charge < -0.3 is 4.74 Å². The van der Waals surface area contributed by atoms with E-state index in [1.807, 2.05) is 0 Å². The highest BCUT2D eigenvalue weighted by molar-refractivity contribution is 5.71. The molecule has 0 rings (SSSR count). The maximum absolute atomic E-state index is 11.7. The lowest BCUT2D eigenvalue weighted by atomic mass is 10.6. The van der Waals surface area contributed by atoms with Crippen LogP contribution in [0.5, 0.6) is 0 Å². The molecule has 0 aliphatic rings.